The lowest BCUT2D eigenvalue weighted by Gasteiger charge is -2.26. The van der Waals surface area contributed by atoms with Gasteiger partial charge in [0.15, 0.2) is 0 Å². The molecule has 0 bridgehead atoms. The van der Waals surface area contributed by atoms with Crippen molar-refractivity contribution in [1.29, 1.82) is 5.26 Å². The molecular weight excluding hydrogens is 307 g/mol. The highest BCUT2D eigenvalue weighted by Gasteiger charge is 2.27. The van der Waals surface area contributed by atoms with Gasteiger partial charge < -0.3 is 14.7 Å². The van der Waals surface area contributed by atoms with Crippen LogP contribution in [0.4, 0.5) is 0 Å². The molecule has 1 N–H and O–H groups in total. The van der Waals surface area contributed by atoms with Crippen LogP contribution in [-0.2, 0) is 16.0 Å². The number of unbranched alkanes of at least 4 members (excludes halogenated alkanes) is 1. The molecule has 1 aliphatic rings. The molecule has 1 aromatic carbocycles. The minimum Gasteiger partial charge on any atom is -0.560 e. The zero-order valence-corrected chi connectivity index (χ0v) is 13.7. The third kappa shape index (κ3) is 4.75. The minimum atomic E-state index is -0.398. The fourth-order valence-corrected chi connectivity index (χ4v) is 2.40. The van der Waals surface area contributed by atoms with Crippen LogP contribution in [0.5, 0.6) is 5.75 Å². The number of ether oxygens (including phenoxy) is 1. The van der Waals surface area contributed by atoms with Crippen molar-refractivity contribution in [3.05, 3.63) is 29.3 Å². The zero-order valence-electron chi connectivity index (χ0n) is 13.7. The number of carbonyl (C=O) groups is 2. The van der Waals surface area contributed by atoms with E-state index < -0.39 is 5.97 Å². The van der Waals surface area contributed by atoms with Gasteiger partial charge in [-0.05, 0) is 24.5 Å². The highest BCUT2D eigenvalue weighted by molar-refractivity contribution is 6.32. The van der Waals surface area contributed by atoms with E-state index in [2.05, 4.69) is 5.32 Å². The minimum absolute atomic E-state index is 0.164. The highest BCUT2D eigenvalue weighted by Crippen LogP contribution is 2.29. The molecule has 1 radical (unpaired) electrons. The van der Waals surface area contributed by atoms with Gasteiger partial charge in [0.25, 0.3) is 0 Å². The van der Waals surface area contributed by atoms with Crippen LogP contribution in [-0.4, -0.2) is 31.9 Å². The van der Waals surface area contributed by atoms with Crippen LogP contribution in [0.25, 0.3) is 0 Å². The molecule has 1 aromatic rings. The van der Waals surface area contributed by atoms with Crippen LogP contribution in [0, 0.1) is 11.3 Å². The first-order chi connectivity index (χ1) is 11.7. The monoisotopic (exact) mass is 327 g/mol. The van der Waals surface area contributed by atoms with E-state index in [9.17, 15) is 9.59 Å². The molecule has 0 fully saturated rings. The van der Waals surface area contributed by atoms with Crippen LogP contribution in [0.3, 0.4) is 0 Å². The van der Waals surface area contributed by atoms with Gasteiger partial charge in [-0.2, -0.15) is 5.26 Å². The first-order valence-corrected chi connectivity index (χ1v) is 8.11. The molecular formula is C17H20BN2O4. The molecule has 0 saturated heterocycles. The van der Waals surface area contributed by atoms with Crippen molar-refractivity contribution in [2.75, 3.05) is 6.61 Å². The molecule has 125 valence electrons. The summed E-state index contributed by atoms with van der Waals surface area (Å²) in [6.45, 7) is 2.42. The lowest BCUT2D eigenvalue weighted by molar-refractivity contribution is -0.121. The van der Waals surface area contributed by atoms with Crippen LogP contribution in [0.1, 0.15) is 48.5 Å². The highest BCUT2D eigenvalue weighted by atomic mass is 16.5. The summed E-state index contributed by atoms with van der Waals surface area (Å²) in [5, 5.41) is 11.3. The number of nitrogens with zero attached hydrogens (tertiary/aromatic N) is 1. The number of benzene rings is 1. The van der Waals surface area contributed by atoms with Crippen molar-refractivity contribution in [1.82, 2.24) is 5.32 Å². The van der Waals surface area contributed by atoms with Crippen LogP contribution in [0.2, 0.25) is 0 Å². The third-order valence-electron chi connectivity index (χ3n) is 3.65. The van der Waals surface area contributed by atoms with Crippen LogP contribution >= 0.6 is 0 Å². The second-order valence-corrected chi connectivity index (χ2v) is 5.57. The molecule has 24 heavy (non-hydrogen) atoms. The first-order valence-electron chi connectivity index (χ1n) is 8.11. The predicted molar refractivity (Wildman–Crippen MR) is 88.5 cm³/mol. The van der Waals surface area contributed by atoms with Gasteiger partial charge in [0, 0.05) is 18.8 Å². The summed E-state index contributed by atoms with van der Waals surface area (Å²) >= 11 is 0. The molecule has 1 amide bonds. The summed E-state index contributed by atoms with van der Waals surface area (Å²) in [6, 6.07) is 7.25. The van der Waals surface area contributed by atoms with Crippen LogP contribution < -0.4 is 9.97 Å². The third-order valence-corrected chi connectivity index (χ3v) is 3.65. The van der Waals surface area contributed by atoms with Gasteiger partial charge in [0.05, 0.1) is 12.7 Å². The second kappa shape index (κ2) is 8.97. The number of rotatable bonds is 7. The van der Waals surface area contributed by atoms with E-state index in [-0.39, 0.29) is 24.7 Å². The van der Waals surface area contributed by atoms with Gasteiger partial charge >= 0.3 is 13.5 Å². The number of nitrogens with one attached hydrogen (secondary N) is 1. The predicted octanol–water partition coefficient (Wildman–Crippen LogP) is 1.94. The Balaban J connectivity index is 2.00. The molecule has 1 unspecified atom stereocenters. The number of para-hydroxylation sites is 1. The van der Waals surface area contributed by atoms with Gasteiger partial charge in [0.1, 0.15) is 11.3 Å². The number of nitriles is 1. The summed E-state index contributed by atoms with van der Waals surface area (Å²) in [6.07, 6.45) is 2.66. The van der Waals surface area contributed by atoms with E-state index in [1.54, 1.807) is 12.1 Å². The molecule has 7 heteroatoms. The van der Waals surface area contributed by atoms with E-state index in [0.717, 1.165) is 18.4 Å². The van der Waals surface area contributed by atoms with Gasteiger partial charge in [-0.15, -0.1) is 0 Å². The zero-order chi connectivity index (χ0) is 17.4. The Morgan fingerprint density at radius 1 is 1.50 bits per heavy atom. The largest absolute Gasteiger partial charge is 0.560 e. The first kappa shape index (κ1) is 17.9. The Kier molecular flexibility index (Phi) is 6.67. The molecule has 0 spiro atoms. The van der Waals surface area contributed by atoms with E-state index in [4.69, 9.17) is 14.7 Å². The molecule has 1 aliphatic heterocycles. The Labute approximate surface area is 142 Å². The maximum atomic E-state index is 12.2. The van der Waals surface area contributed by atoms with E-state index >= 15 is 0 Å². The maximum absolute atomic E-state index is 12.2. The Hall–Kier alpha value is -2.49. The molecule has 0 saturated carbocycles. The fraction of sp³-hybridized carbons (Fsp3) is 0.471. The number of carbonyl (C=O) groups excluding carboxylic acids is 2. The SMILES string of the molecule is CCCCOC(=O)c1cccc2c1O[B]C(NC(=O)CCC#N)C2. The lowest BCUT2D eigenvalue weighted by atomic mass is 9.79. The summed E-state index contributed by atoms with van der Waals surface area (Å²) in [5.41, 5.74) is 1.24. The molecule has 2 rings (SSSR count). The Morgan fingerprint density at radius 2 is 2.33 bits per heavy atom. The lowest BCUT2D eigenvalue weighted by Crippen LogP contribution is -2.45. The molecule has 0 aromatic heterocycles. The van der Waals surface area contributed by atoms with E-state index in [1.807, 2.05) is 19.1 Å². The van der Waals surface area contributed by atoms with Crippen molar-refractivity contribution in [3.63, 3.8) is 0 Å². The average Bonchev–Trinajstić information content (AvgIpc) is 2.59. The maximum Gasteiger partial charge on any atom is 0.394 e. The molecule has 1 atom stereocenters. The number of amides is 1. The van der Waals surface area contributed by atoms with E-state index in [0.29, 0.717) is 24.3 Å². The summed E-state index contributed by atoms with van der Waals surface area (Å²) in [5.74, 6) is -0.387. The van der Waals surface area contributed by atoms with Gasteiger partial charge in [-0.1, -0.05) is 25.5 Å². The Bertz CT molecular complexity index is 642. The van der Waals surface area contributed by atoms with Crippen molar-refractivity contribution in [2.24, 2.45) is 0 Å². The van der Waals surface area contributed by atoms with Gasteiger partial charge in [-0.3, -0.25) is 4.79 Å². The summed E-state index contributed by atoms with van der Waals surface area (Å²) < 4.78 is 10.8. The van der Waals surface area contributed by atoms with Gasteiger partial charge in [-0.25, -0.2) is 4.79 Å². The van der Waals surface area contributed by atoms with Crippen LogP contribution in [0.15, 0.2) is 18.2 Å². The van der Waals surface area contributed by atoms with Crippen molar-refractivity contribution < 1.29 is 19.0 Å². The average molecular weight is 327 g/mol. The topological polar surface area (TPSA) is 88.4 Å². The van der Waals surface area contributed by atoms with Crippen molar-refractivity contribution >= 4 is 19.4 Å². The normalized spacial score (nSPS) is 15.2. The summed E-state index contributed by atoms with van der Waals surface area (Å²) in [4.78, 5) is 23.8. The number of hydrogen-bond donors (Lipinski definition) is 1. The number of hydrogen-bond acceptors (Lipinski definition) is 5. The van der Waals surface area contributed by atoms with Gasteiger partial charge in [0.2, 0.25) is 5.91 Å². The summed E-state index contributed by atoms with van der Waals surface area (Å²) in [7, 11) is 1.51. The number of esters is 1. The fourth-order valence-electron chi connectivity index (χ4n) is 2.40. The number of fused-ring (bicyclic) bond motifs is 1. The second-order valence-electron chi connectivity index (χ2n) is 5.57. The molecule has 0 aliphatic carbocycles. The molecule has 6 nitrogen and oxygen atoms in total. The smallest absolute Gasteiger partial charge is 0.394 e. The van der Waals surface area contributed by atoms with E-state index in [1.165, 1.54) is 7.48 Å². The Morgan fingerprint density at radius 3 is 3.08 bits per heavy atom. The van der Waals surface area contributed by atoms with Crippen molar-refractivity contribution in [3.8, 4) is 11.8 Å². The standard InChI is InChI=1S/C17H20BN2O4/c1-2-3-10-23-17(22)13-7-4-6-12-11-14(18-24-16(12)13)20-15(21)8-5-9-19/h4,6-7,14H,2-3,5,8,10-11H2,1H3,(H,20,21). The van der Waals surface area contributed by atoms with Crippen molar-refractivity contribution in [2.45, 2.75) is 45.0 Å². The molecule has 1 heterocycles. The quantitative estimate of drug-likeness (QED) is 0.470.